The Balaban J connectivity index is 2.42. The van der Waals surface area contributed by atoms with Crippen LogP contribution in [-0.4, -0.2) is 15.5 Å². The quantitative estimate of drug-likeness (QED) is 0.785. The Morgan fingerprint density at radius 2 is 1.80 bits per heavy atom. The second-order valence-corrected chi connectivity index (χ2v) is 7.73. The minimum atomic E-state index is -4.00. The molecule has 1 N–H and O–H groups in total. The number of ether oxygens (including phenoxy) is 1. The molecule has 0 saturated carbocycles. The monoisotopic (exact) mass is 389 g/mol. The number of hydrogen-bond acceptors (Lipinski definition) is 3. The van der Waals surface area contributed by atoms with Gasteiger partial charge in [-0.2, -0.15) is 0 Å². The average molecular weight is 390 g/mol. The Morgan fingerprint density at radius 3 is 2.40 bits per heavy atom. The molecule has 0 bridgehead atoms. The van der Waals surface area contributed by atoms with Crippen LogP contribution < -0.4 is 9.46 Å². The van der Waals surface area contributed by atoms with Crippen molar-refractivity contribution >= 4 is 21.6 Å². The molecule has 0 unspecified atom stereocenters. The van der Waals surface area contributed by atoms with Crippen molar-refractivity contribution in [1.82, 2.24) is 4.72 Å². The third kappa shape index (κ3) is 3.78. The lowest BCUT2D eigenvalue weighted by molar-refractivity contribution is 0.410. The molecule has 0 radical (unpaired) electrons. The smallest absolute Gasteiger partial charge is 0.241 e. The zero-order chi connectivity index (χ0) is 18.9. The van der Waals surface area contributed by atoms with E-state index in [1.54, 1.807) is 26.8 Å². The first-order valence-electron chi connectivity index (χ1n) is 7.37. The summed E-state index contributed by atoms with van der Waals surface area (Å²) < 4.78 is 60.5. The van der Waals surface area contributed by atoms with Gasteiger partial charge in [-0.3, -0.25) is 0 Å². The van der Waals surface area contributed by atoms with E-state index in [0.717, 1.165) is 12.1 Å². The summed E-state index contributed by atoms with van der Waals surface area (Å²) in [4.78, 5) is 0.0636. The Hall–Kier alpha value is -1.70. The summed E-state index contributed by atoms with van der Waals surface area (Å²) in [5, 5.41) is -0.275. The number of benzene rings is 2. The van der Waals surface area contributed by atoms with Crippen LogP contribution in [0, 0.1) is 32.4 Å². The number of sulfonamides is 1. The van der Waals surface area contributed by atoms with Crippen LogP contribution in [0.15, 0.2) is 23.1 Å². The number of hydrogen-bond donors (Lipinski definition) is 1. The van der Waals surface area contributed by atoms with Crippen molar-refractivity contribution in [3.63, 3.8) is 0 Å². The summed E-state index contributed by atoms with van der Waals surface area (Å²) >= 11 is 5.62. The second kappa shape index (κ2) is 7.27. The summed E-state index contributed by atoms with van der Waals surface area (Å²) in [6, 6.07) is 3.67. The van der Waals surface area contributed by atoms with E-state index in [9.17, 15) is 17.2 Å². The van der Waals surface area contributed by atoms with Crippen LogP contribution in [0.4, 0.5) is 8.78 Å². The van der Waals surface area contributed by atoms with Crippen molar-refractivity contribution in [3.8, 4) is 5.75 Å². The van der Waals surface area contributed by atoms with Gasteiger partial charge in [0.2, 0.25) is 10.0 Å². The highest BCUT2D eigenvalue weighted by Crippen LogP contribution is 2.30. The molecular weight excluding hydrogens is 372 g/mol. The molecule has 2 aromatic carbocycles. The standard InChI is InChI=1S/C17H18ClF2NO3S/c1-9-7-15(24-4)10(2)11(3)17(9)25(22,23)21-8-12-14(19)6-5-13(18)16(12)20/h5-7,21H,8H2,1-4H3. The Morgan fingerprint density at radius 1 is 1.16 bits per heavy atom. The molecule has 0 heterocycles. The van der Waals surface area contributed by atoms with E-state index in [1.165, 1.54) is 7.11 Å². The van der Waals surface area contributed by atoms with Gasteiger partial charge in [0, 0.05) is 12.1 Å². The molecular formula is C17H18ClF2NO3S. The fourth-order valence-electron chi connectivity index (χ4n) is 2.62. The summed E-state index contributed by atoms with van der Waals surface area (Å²) in [6.07, 6.45) is 0. The summed E-state index contributed by atoms with van der Waals surface area (Å²) in [5.74, 6) is -1.28. The highest BCUT2D eigenvalue weighted by atomic mass is 35.5. The Bertz CT molecular complexity index is 930. The molecule has 25 heavy (non-hydrogen) atoms. The fraction of sp³-hybridized carbons (Fsp3) is 0.294. The third-order valence-corrected chi connectivity index (χ3v) is 6.03. The van der Waals surface area contributed by atoms with Crippen LogP contribution in [0.2, 0.25) is 5.02 Å². The van der Waals surface area contributed by atoms with Crippen molar-refractivity contribution < 1.29 is 21.9 Å². The van der Waals surface area contributed by atoms with Crippen molar-refractivity contribution in [2.24, 2.45) is 0 Å². The maximum atomic E-state index is 13.9. The molecule has 0 fully saturated rings. The molecule has 0 aromatic heterocycles. The maximum absolute atomic E-state index is 13.9. The predicted octanol–water partition coefficient (Wildman–Crippen LogP) is 4.03. The van der Waals surface area contributed by atoms with Gasteiger partial charge in [0.1, 0.15) is 17.4 Å². The number of halogens is 3. The van der Waals surface area contributed by atoms with E-state index >= 15 is 0 Å². The van der Waals surface area contributed by atoms with E-state index in [1.807, 2.05) is 0 Å². The van der Waals surface area contributed by atoms with Gasteiger partial charge in [-0.1, -0.05) is 11.6 Å². The first kappa shape index (κ1) is 19.6. The summed E-state index contributed by atoms with van der Waals surface area (Å²) in [5.41, 5.74) is 1.22. The van der Waals surface area contributed by atoms with Gasteiger partial charge >= 0.3 is 0 Å². The lowest BCUT2D eigenvalue weighted by Crippen LogP contribution is -2.26. The van der Waals surface area contributed by atoms with Gasteiger partial charge in [-0.25, -0.2) is 21.9 Å². The molecule has 8 heteroatoms. The topological polar surface area (TPSA) is 55.4 Å². The second-order valence-electron chi connectivity index (χ2n) is 5.62. The van der Waals surface area contributed by atoms with Crippen LogP contribution in [0.1, 0.15) is 22.3 Å². The molecule has 0 spiro atoms. The highest BCUT2D eigenvalue weighted by Gasteiger charge is 2.24. The van der Waals surface area contributed by atoms with Gasteiger partial charge in [0.25, 0.3) is 0 Å². The van der Waals surface area contributed by atoms with Crippen LogP contribution in [0.5, 0.6) is 5.75 Å². The zero-order valence-electron chi connectivity index (χ0n) is 14.2. The maximum Gasteiger partial charge on any atom is 0.241 e. The lowest BCUT2D eigenvalue weighted by atomic mass is 10.1. The molecule has 136 valence electrons. The van der Waals surface area contributed by atoms with Crippen LogP contribution in [0.3, 0.4) is 0 Å². The van der Waals surface area contributed by atoms with Crippen molar-refractivity contribution in [3.05, 3.63) is 57.1 Å². The zero-order valence-corrected chi connectivity index (χ0v) is 15.8. The van der Waals surface area contributed by atoms with E-state index in [0.29, 0.717) is 22.4 Å². The Labute approximate surface area is 150 Å². The lowest BCUT2D eigenvalue weighted by Gasteiger charge is -2.17. The van der Waals surface area contributed by atoms with E-state index in [-0.39, 0.29) is 9.92 Å². The number of aryl methyl sites for hydroxylation is 1. The van der Waals surface area contributed by atoms with Crippen molar-refractivity contribution in [1.29, 1.82) is 0 Å². The van der Waals surface area contributed by atoms with Crippen molar-refractivity contribution in [2.45, 2.75) is 32.2 Å². The Kier molecular flexibility index (Phi) is 5.71. The summed E-state index contributed by atoms with van der Waals surface area (Å²) in [7, 11) is -2.50. The average Bonchev–Trinajstić information content (AvgIpc) is 2.54. The predicted molar refractivity (Wildman–Crippen MR) is 92.6 cm³/mol. The van der Waals surface area contributed by atoms with E-state index in [2.05, 4.69) is 4.72 Å². The number of nitrogens with one attached hydrogen (secondary N) is 1. The number of methoxy groups -OCH3 is 1. The van der Waals surface area contributed by atoms with Gasteiger partial charge in [-0.15, -0.1) is 0 Å². The molecule has 0 aliphatic carbocycles. The fourth-order valence-corrected chi connectivity index (χ4v) is 4.31. The van der Waals surface area contributed by atoms with Gasteiger partial charge < -0.3 is 4.74 Å². The molecule has 2 rings (SSSR count). The van der Waals surface area contributed by atoms with Crippen molar-refractivity contribution in [2.75, 3.05) is 7.11 Å². The molecule has 0 saturated heterocycles. The number of rotatable bonds is 5. The van der Waals surface area contributed by atoms with E-state index < -0.39 is 33.8 Å². The first-order chi connectivity index (χ1) is 11.6. The minimum Gasteiger partial charge on any atom is -0.496 e. The normalized spacial score (nSPS) is 11.6. The molecule has 0 aliphatic rings. The van der Waals surface area contributed by atoms with Crippen LogP contribution in [-0.2, 0) is 16.6 Å². The van der Waals surface area contributed by atoms with Gasteiger partial charge in [0.05, 0.1) is 17.0 Å². The van der Waals surface area contributed by atoms with E-state index in [4.69, 9.17) is 16.3 Å². The van der Waals surface area contributed by atoms with Crippen LogP contribution >= 0.6 is 11.6 Å². The minimum absolute atomic E-state index is 0.0636. The molecule has 0 amide bonds. The first-order valence-corrected chi connectivity index (χ1v) is 9.23. The summed E-state index contributed by atoms with van der Waals surface area (Å²) in [6.45, 7) is 4.47. The highest BCUT2D eigenvalue weighted by molar-refractivity contribution is 7.89. The molecule has 4 nitrogen and oxygen atoms in total. The largest absolute Gasteiger partial charge is 0.496 e. The molecule has 0 aliphatic heterocycles. The molecule has 0 atom stereocenters. The SMILES string of the molecule is COc1cc(C)c(S(=O)(=O)NCc2c(F)ccc(Cl)c2F)c(C)c1C. The van der Waals surface area contributed by atoms with Crippen LogP contribution in [0.25, 0.3) is 0 Å². The molecule has 2 aromatic rings. The van der Waals surface area contributed by atoms with Gasteiger partial charge in [-0.05, 0) is 55.7 Å². The third-order valence-electron chi connectivity index (χ3n) is 4.04. The van der Waals surface area contributed by atoms with Gasteiger partial charge in [0.15, 0.2) is 0 Å².